The molecule has 0 rings (SSSR count). The fraction of sp³-hybridized carbons (Fsp3) is 0.750. The van der Waals surface area contributed by atoms with Gasteiger partial charge in [-0.05, 0) is 0 Å². The summed E-state index contributed by atoms with van der Waals surface area (Å²) < 4.78 is 0. The van der Waals surface area contributed by atoms with E-state index in [2.05, 4.69) is 13.8 Å². The van der Waals surface area contributed by atoms with Crippen molar-refractivity contribution in [3.05, 3.63) is 6.92 Å². The van der Waals surface area contributed by atoms with Gasteiger partial charge in [-0.1, -0.05) is 13.3 Å². The minimum atomic E-state index is 0. The summed E-state index contributed by atoms with van der Waals surface area (Å²) in [6.07, 6.45) is 2.28. The van der Waals surface area contributed by atoms with Gasteiger partial charge in [0, 0.05) is 25.8 Å². The molecule has 0 bridgehead atoms. The molecular weight excluding hydrogens is 466 g/mol. The van der Waals surface area contributed by atoms with Crippen molar-refractivity contribution in [3.63, 3.8) is 0 Å². The van der Waals surface area contributed by atoms with Gasteiger partial charge < -0.3 is 6.92 Å². The first kappa shape index (κ1) is 31.7. The molecule has 0 radical (unpaired) electrons. The number of unbranched alkanes of at least 4 members (excludes halogenated alkanes) is 1. The molecule has 0 heterocycles. The van der Waals surface area contributed by atoms with E-state index in [4.69, 9.17) is 0 Å². The van der Waals surface area contributed by atoms with Crippen LogP contribution in [-0.4, -0.2) is 0 Å². The number of halogens is 3. The minimum Gasteiger partial charge on any atom is -0.343 e. The van der Waals surface area contributed by atoms with E-state index in [9.17, 15) is 0 Å². The Hall–Kier alpha value is 2.31. The van der Waals surface area contributed by atoms with Crippen LogP contribution in [0.1, 0.15) is 19.8 Å². The van der Waals surface area contributed by atoms with Crippen molar-refractivity contribution in [2.75, 3.05) is 0 Å². The predicted octanol–water partition coefficient (Wildman–Crippen LogP) is 3.35. The van der Waals surface area contributed by atoms with Crippen LogP contribution >= 0.6 is 50.9 Å². The summed E-state index contributed by atoms with van der Waals surface area (Å²) in [6.45, 7) is 5.72. The van der Waals surface area contributed by atoms with Gasteiger partial charge in [0.25, 0.3) is 0 Å². The first-order valence-electron chi connectivity index (χ1n) is 1.71. The van der Waals surface area contributed by atoms with Crippen molar-refractivity contribution in [2.45, 2.75) is 19.8 Å². The normalized spacial score (nSPS) is 3.75. The third-order valence-corrected chi connectivity index (χ3v) is 0.354. The third-order valence-electron chi connectivity index (χ3n) is 0.354. The Labute approximate surface area is 102 Å². The van der Waals surface area contributed by atoms with E-state index in [1.807, 2.05) is 0 Å². The van der Waals surface area contributed by atoms with E-state index in [1.54, 1.807) is 0 Å². The molecule has 0 aliphatic heterocycles. The van der Waals surface area contributed by atoms with Crippen LogP contribution in [0.5, 0.6) is 0 Å². The van der Waals surface area contributed by atoms with Gasteiger partial charge in [-0.15, -0.1) is 50.9 Å². The number of hydrogen-bond donors (Lipinski definition) is 0. The summed E-state index contributed by atoms with van der Waals surface area (Å²) in [5, 5.41) is 0. The maximum absolute atomic E-state index is 3.60. The third kappa shape index (κ3) is 40.5. The standard InChI is InChI=1S/C4H9.3BrH.Hf/c1-3-4-2;;;;/h1,3-4H2,2H3;3*1H;/q-1;;;;. The van der Waals surface area contributed by atoms with Crippen molar-refractivity contribution < 1.29 is 25.8 Å². The van der Waals surface area contributed by atoms with Crippen LogP contribution in [0.25, 0.3) is 0 Å². The van der Waals surface area contributed by atoms with Crippen molar-refractivity contribution in [2.24, 2.45) is 0 Å². The Kier molecular flexibility index (Phi) is 137. The molecule has 0 aromatic heterocycles. The Balaban J connectivity index is -0.00000000750. The summed E-state index contributed by atoms with van der Waals surface area (Å²) in [7, 11) is 0. The van der Waals surface area contributed by atoms with Crippen LogP contribution in [0.2, 0.25) is 0 Å². The molecule has 0 aliphatic rings. The molecule has 0 unspecified atom stereocenters. The first-order chi connectivity index (χ1) is 1.91. The first-order valence-corrected chi connectivity index (χ1v) is 1.71. The molecule has 0 aliphatic carbocycles. The fourth-order valence-electron chi connectivity index (χ4n) is 0. The second-order valence-corrected chi connectivity index (χ2v) is 0.854. The average Bonchev–Trinajstić information content (AvgIpc) is 1.37. The van der Waals surface area contributed by atoms with E-state index >= 15 is 0 Å². The van der Waals surface area contributed by atoms with Gasteiger partial charge >= 0.3 is 0 Å². The predicted molar refractivity (Wildman–Crippen MR) is 51.2 cm³/mol. The molecule has 0 N–H and O–H groups in total. The van der Waals surface area contributed by atoms with E-state index in [0.29, 0.717) is 0 Å². The van der Waals surface area contributed by atoms with Gasteiger partial charge in [-0.25, -0.2) is 0 Å². The molecular formula is C4H12Br3Hf-. The zero-order valence-corrected chi connectivity index (χ0v) is 13.6. The molecule has 0 nitrogen and oxygen atoms in total. The van der Waals surface area contributed by atoms with E-state index in [0.717, 1.165) is 6.42 Å². The molecule has 0 aromatic rings. The second-order valence-electron chi connectivity index (χ2n) is 0.854. The van der Waals surface area contributed by atoms with Crippen molar-refractivity contribution in [1.29, 1.82) is 0 Å². The Bertz CT molecular complexity index is 13.2. The van der Waals surface area contributed by atoms with Gasteiger partial charge in [0.05, 0.1) is 0 Å². The van der Waals surface area contributed by atoms with Gasteiger partial charge in [0.2, 0.25) is 0 Å². The number of hydrogen-bond acceptors (Lipinski definition) is 0. The largest absolute Gasteiger partial charge is 0.343 e. The number of rotatable bonds is 1. The summed E-state index contributed by atoms with van der Waals surface area (Å²) in [4.78, 5) is 0. The topological polar surface area (TPSA) is 0 Å². The maximum Gasteiger partial charge on any atom is 0 e. The summed E-state index contributed by atoms with van der Waals surface area (Å²) in [5.74, 6) is 0. The average molecular weight is 478 g/mol. The molecule has 8 heavy (non-hydrogen) atoms. The summed E-state index contributed by atoms with van der Waals surface area (Å²) >= 11 is 0. The second kappa shape index (κ2) is 34.6. The van der Waals surface area contributed by atoms with Crippen LogP contribution in [0.4, 0.5) is 0 Å². The van der Waals surface area contributed by atoms with Crippen molar-refractivity contribution >= 4 is 50.9 Å². The van der Waals surface area contributed by atoms with Crippen molar-refractivity contribution in [3.8, 4) is 0 Å². The zero-order valence-electron chi connectivity index (χ0n) is 4.85. The molecule has 0 fully saturated rings. The van der Waals surface area contributed by atoms with Gasteiger partial charge in [0.1, 0.15) is 0 Å². The van der Waals surface area contributed by atoms with Gasteiger partial charge in [-0.2, -0.15) is 6.42 Å². The van der Waals surface area contributed by atoms with E-state index in [-0.39, 0.29) is 76.8 Å². The van der Waals surface area contributed by atoms with Gasteiger partial charge in [-0.3, -0.25) is 0 Å². The maximum atomic E-state index is 3.60. The van der Waals surface area contributed by atoms with Crippen LogP contribution in [0, 0.1) is 6.92 Å². The monoisotopic (exact) mass is 477 g/mol. The SMILES string of the molecule is Br.Br.Br.[CH2-]CCC.[Hf]. The van der Waals surface area contributed by atoms with E-state index in [1.165, 1.54) is 6.42 Å². The van der Waals surface area contributed by atoms with Crippen LogP contribution in [0.15, 0.2) is 0 Å². The molecule has 0 saturated carbocycles. The Morgan fingerprint density at radius 1 is 1.12 bits per heavy atom. The summed E-state index contributed by atoms with van der Waals surface area (Å²) in [6, 6.07) is 0. The molecule has 0 amide bonds. The minimum absolute atomic E-state index is 0. The molecule has 0 saturated heterocycles. The fourth-order valence-corrected chi connectivity index (χ4v) is 0. The molecule has 0 spiro atoms. The van der Waals surface area contributed by atoms with Crippen molar-refractivity contribution in [1.82, 2.24) is 0 Å². The summed E-state index contributed by atoms with van der Waals surface area (Å²) in [5.41, 5.74) is 0. The molecule has 54 valence electrons. The van der Waals surface area contributed by atoms with Crippen LogP contribution in [0.3, 0.4) is 0 Å². The quantitative estimate of drug-likeness (QED) is 0.401. The van der Waals surface area contributed by atoms with Crippen LogP contribution in [-0.2, 0) is 25.8 Å². The Morgan fingerprint density at radius 3 is 1.25 bits per heavy atom. The zero-order chi connectivity index (χ0) is 3.41. The van der Waals surface area contributed by atoms with Gasteiger partial charge in [0.15, 0.2) is 0 Å². The molecule has 0 atom stereocenters. The smallest absolute Gasteiger partial charge is 0 e. The van der Waals surface area contributed by atoms with E-state index < -0.39 is 0 Å². The Morgan fingerprint density at radius 2 is 1.25 bits per heavy atom. The van der Waals surface area contributed by atoms with Crippen LogP contribution < -0.4 is 0 Å². The molecule has 4 heteroatoms. The molecule has 0 aromatic carbocycles.